The van der Waals surface area contributed by atoms with Crippen LogP contribution in [0, 0.1) is 0 Å². The van der Waals surface area contributed by atoms with Gasteiger partial charge in [0.2, 0.25) is 0 Å². The highest BCUT2D eigenvalue weighted by Gasteiger charge is 2.16. The molecule has 0 amide bonds. The van der Waals surface area contributed by atoms with Gasteiger partial charge in [-0.1, -0.05) is 35.5 Å². The summed E-state index contributed by atoms with van der Waals surface area (Å²) in [5.74, 6) is 0.741. The van der Waals surface area contributed by atoms with Gasteiger partial charge in [-0.25, -0.2) is 0 Å². The molecule has 1 rings (SSSR count). The zero-order valence-corrected chi connectivity index (χ0v) is 12.1. The average Bonchev–Trinajstić information content (AvgIpc) is 2.37. The van der Waals surface area contributed by atoms with E-state index >= 15 is 0 Å². The van der Waals surface area contributed by atoms with Crippen LogP contribution in [0.25, 0.3) is 0 Å². The van der Waals surface area contributed by atoms with Gasteiger partial charge < -0.3 is 16.3 Å². The van der Waals surface area contributed by atoms with Crippen LogP contribution in [-0.4, -0.2) is 33.3 Å². The van der Waals surface area contributed by atoms with E-state index in [0.29, 0.717) is 12.2 Å². The van der Waals surface area contributed by atoms with Crippen molar-refractivity contribution in [3.8, 4) is 0 Å². The Morgan fingerprint density at radius 2 is 2.11 bits per heavy atom. The third-order valence-corrected chi connectivity index (χ3v) is 3.68. The van der Waals surface area contributed by atoms with Gasteiger partial charge in [0.15, 0.2) is 0 Å². The Labute approximate surface area is 116 Å². The topological polar surface area (TPSA) is 87.7 Å². The second kappa shape index (κ2) is 7.91. The van der Waals surface area contributed by atoms with Crippen molar-refractivity contribution >= 4 is 16.6 Å². The molecule has 6 heteroatoms. The molecule has 19 heavy (non-hydrogen) atoms. The molecule has 0 bridgehead atoms. The third-order valence-electron chi connectivity index (χ3n) is 2.71. The van der Waals surface area contributed by atoms with E-state index in [2.05, 4.69) is 10.5 Å². The van der Waals surface area contributed by atoms with Gasteiger partial charge >= 0.3 is 0 Å². The molecule has 3 unspecified atom stereocenters. The number of nitrogens with one attached hydrogen (secondary N) is 1. The second-order valence-electron chi connectivity index (χ2n) is 4.57. The number of nitrogens with two attached hydrogens (primary N) is 1. The minimum atomic E-state index is -0.856. The molecule has 3 atom stereocenters. The maximum atomic E-state index is 11.2. The van der Waals surface area contributed by atoms with Crippen molar-refractivity contribution in [2.24, 2.45) is 10.9 Å². The summed E-state index contributed by atoms with van der Waals surface area (Å²) in [5.41, 5.74) is 6.65. The molecule has 5 nitrogen and oxygen atoms in total. The zero-order valence-electron chi connectivity index (χ0n) is 11.2. The van der Waals surface area contributed by atoms with Gasteiger partial charge in [-0.05, 0) is 12.5 Å². The largest absolute Gasteiger partial charge is 0.409 e. The van der Waals surface area contributed by atoms with Gasteiger partial charge in [-0.3, -0.25) is 4.21 Å². The maximum absolute atomic E-state index is 11.2. The fourth-order valence-corrected chi connectivity index (χ4v) is 2.75. The fourth-order valence-electron chi connectivity index (χ4n) is 1.95. The van der Waals surface area contributed by atoms with E-state index in [1.165, 1.54) is 0 Å². The summed E-state index contributed by atoms with van der Waals surface area (Å²) in [6.45, 7) is 1.98. The van der Waals surface area contributed by atoms with Crippen LogP contribution in [0.4, 0.5) is 0 Å². The van der Waals surface area contributed by atoms with Gasteiger partial charge in [0.25, 0.3) is 0 Å². The predicted octanol–water partition coefficient (Wildman–Crippen LogP) is 1.22. The molecule has 0 saturated carbocycles. The highest BCUT2D eigenvalue weighted by Crippen LogP contribution is 2.17. The Balaban J connectivity index is 2.78. The SMILES string of the molecule is CC(CS(C)=O)NC(C/C(N)=N/O)c1ccccc1. The summed E-state index contributed by atoms with van der Waals surface area (Å²) < 4.78 is 11.2. The Hall–Kier alpha value is -1.40. The lowest BCUT2D eigenvalue weighted by Crippen LogP contribution is -2.36. The Morgan fingerprint density at radius 3 is 2.63 bits per heavy atom. The van der Waals surface area contributed by atoms with Crippen molar-refractivity contribution in [1.29, 1.82) is 0 Å². The monoisotopic (exact) mass is 283 g/mol. The van der Waals surface area contributed by atoms with Gasteiger partial charge in [0.05, 0.1) is 0 Å². The van der Waals surface area contributed by atoms with Crippen molar-refractivity contribution < 1.29 is 9.42 Å². The summed E-state index contributed by atoms with van der Waals surface area (Å²) >= 11 is 0. The maximum Gasteiger partial charge on any atom is 0.141 e. The third kappa shape index (κ3) is 5.85. The summed E-state index contributed by atoms with van der Waals surface area (Å²) in [7, 11) is -0.856. The molecular formula is C13H21N3O2S. The second-order valence-corrected chi connectivity index (χ2v) is 6.05. The Morgan fingerprint density at radius 1 is 1.47 bits per heavy atom. The lowest BCUT2D eigenvalue weighted by molar-refractivity contribution is 0.315. The highest BCUT2D eigenvalue weighted by molar-refractivity contribution is 7.84. The number of hydrogen-bond acceptors (Lipinski definition) is 4. The predicted molar refractivity (Wildman–Crippen MR) is 78.7 cm³/mol. The molecule has 0 heterocycles. The van der Waals surface area contributed by atoms with Gasteiger partial charge in [-0.2, -0.15) is 0 Å². The number of hydrogen-bond donors (Lipinski definition) is 3. The summed E-state index contributed by atoms with van der Waals surface area (Å²) in [6, 6.07) is 9.82. The van der Waals surface area contributed by atoms with Crippen molar-refractivity contribution in [2.45, 2.75) is 25.4 Å². The number of oxime groups is 1. The van der Waals surface area contributed by atoms with Crippen molar-refractivity contribution in [2.75, 3.05) is 12.0 Å². The average molecular weight is 283 g/mol. The van der Waals surface area contributed by atoms with Crippen LogP contribution in [0.2, 0.25) is 0 Å². The van der Waals surface area contributed by atoms with E-state index in [9.17, 15) is 4.21 Å². The molecule has 4 N–H and O–H groups in total. The van der Waals surface area contributed by atoms with Crippen LogP contribution in [0.5, 0.6) is 0 Å². The number of nitrogens with zero attached hydrogens (tertiary/aromatic N) is 1. The first kappa shape index (κ1) is 15.7. The lowest BCUT2D eigenvalue weighted by atomic mass is 10.0. The first-order chi connectivity index (χ1) is 9.02. The molecule has 0 aromatic heterocycles. The smallest absolute Gasteiger partial charge is 0.141 e. The normalized spacial score (nSPS) is 16.8. The van der Waals surface area contributed by atoms with Crippen LogP contribution in [-0.2, 0) is 10.8 Å². The molecule has 0 aliphatic heterocycles. The molecular weight excluding hydrogens is 262 g/mol. The van der Waals surface area contributed by atoms with E-state index < -0.39 is 10.8 Å². The molecule has 0 saturated heterocycles. The fraction of sp³-hybridized carbons (Fsp3) is 0.462. The van der Waals surface area contributed by atoms with E-state index in [4.69, 9.17) is 10.9 Å². The van der Waals surface area contributed by atoms with Gasteiger partial charge in [0.1, 0.15) is 5.84 Å². The number of benzene rings is 1. The van der Waals surface area contributed by atoms with Gasteiger partial charge in [-0.15, -0.1) is 0 Å². The number of amidine groups is 1. The van der Waals surface area contributed by atoms with Crippen LogP contribution >= 0.6 is 0 Å². The summed E-state index contributed by atoms with van der Waals surface area (Å²) in [4.78, 5) is 0. The minimum absolute atomic E-state index is 0.0596. The van der Waals surface area contributed by atoms with E-state index in [-0.39, 0.29) is 17.9 Å². The molecule has 0 aliphatic rings. The van der Waals surface area contributed by atoms with Crippen molar-refractivity contribution in [1.82, 2.24) is 5.32 Å². The highest BCUT2D eigenvalue weighted by atomic mass is 32.2. The Bertz CT molecular complexity index is 437. The Kier molecular flexibility index (Phi) is 6.52. The van der Waals surface area contributed by atoms with Crippen LogP contribution in [0.15, 0.2) is 35.5 Å². The molecule has 106 valence electrons. The van der Waals surface area contributed by atoms with Crippen molar-refractivity contribution in [3.63, 3.8) is 0 Å². The standard InChI is InChI=1S/C13H21N3O2S/c1-10(9-19(2)18)15-12(8-13(14)16-17)11-6-4-3-5-7-11/h3-7,10,12,15,17H,8-9H2,1-2H3,(H2,14,16). The van der Waals surface area contributed by atoms with Gasteiger partial charge in [0, 0.05) is 41.3 Å². The quantitative estimate of drug-likeness (QED) is 0.304. The first-order valence-corrected chi connectivity index (χ1v) is 7.83. The van der Waals surface area contributed by atoms with Crippen molar-refractivity contribution in [3.05, 3.63) is 35.9 Å². The summed E-state index contributed by atoms with van der Waals surface area (Å²) in [6.07, 6.45) is 2.08. The molecule has 0 fully saturated rings. The molecule has 1 aromatic rings. The van der Waals surface area contributed by atoms with E-state index in [1.807, 2.05) is 37.3 Å². The lowest BCUT2D eigenvalue weighted by Gasteiger charge is -2.23. The van der Waals surface area contributed by atoms with Crippen LogP contribution in [0.1, 0.15) is 24.9 Å². The minimum Gasteiger partial charge on any atom is -0.409 e. The van der Waals surface area contributed by atoms with E-state index in [0.717, 1.165) is 5.56 Å². The summed E-state index contributed by atoms with van der Waals surface area (Å²) in [5, 5.41) is 15.1. The molecule has 0 radical (unpaired) electrons. The van der Waals surface area contributed by atoms with Crippen LogP contribution in [0.3, 0.4) is 0 Å². The molecule has 1 aromatic carbocycles. The number of rotatable bonds is 7. The van der Waals surface area contributed by atoms with E-state index in [1.54, 1.807) is 6.26 Å². The first-order valence-electron chi connectivity index (χ1n) is 6.10. The molecule has 0 aliphatic carbocycles. The molecule has 0 spiro atoms. The zero-order chi connectivity index (χ0) is 14.3. The van der Waals surface area contributed by atoms with Crippen LogP contribution < -0.4 is 11.1 Å².